The highest BCUT2D eigenvalue weighted by atomic mass is 31.2. The van der Waals surface area contributed by atoms with Crippen molar-refractivity contribution in [3.63, 3.8) is 0 Å². The van der Waals surface area contributed by atoms with Crippen molar-refractivity contribution in [2.24, 2.45) is 5.73 Å². The molecule has 0 aromatic rings. The van der Waals surface area contributed by atoms with Gasteiger partial charge in [0.05, 0.1) is 13.2 Å². The second kappa shape index (κ2) is 35.2. The highest BCUT2D eigenvalue weighted by Gasteiger charge is 2.28. The SMILES string of the molecule is CCCCC/C=C/C/C=C/C/C=C/C/C=C/C/C=C/CCC(=O)O[C@@H](COC(=O)CCCCCCCCCCC)COP(=O)(O)OC[C@H](N)C(=O)O. The number of aliphatic carboxylic acids is 1. The van der Waals surface area contributed by atoms with Gasteiger partial charge in [-0.05, 0) is 51.4 Å². The van der Waals surface area contributed by atoms with Gasteiger partial charge in [-0.15, -0.1) is 0 Å². The zero-order valence-electron chi connectivity index (χ0n) is 31.9. The number of phosphoric ester groups is 1. The zero-order chi connectivity index (χ0) is 38.5. The molecule has 0 bridgehead atoms. The molecule has 0 saturated carbocycles. The molecule has 0 amide bonds. The van der Waals surface area contributed by atoms with E-state index in [1.165, 1.54) is 51.4 Å². The molecular weight excluding hydrogens is 685 g/mol. The maximum atomic E-state index is 12.5. The van der Waals surface area contributed by atoms with Crippen LogP contribution in [0.1, 0.15) is 142 Å². The summed E-state index contributed by atoms with van der Waals surface area (Å²) in [7, 11) is -4.73. The number of carbonyl (C=O) groups excluding carboxylic acids is 2. The number of nitrogens with two attached hydrogens (primary N) is 1. The van der Waals surface area contributed by atoms with Gasteiger partial charge in [-0.2, -0.15) is 0 Å². The molecule has 52 heavy (non-hydrogen) atoms. The van der Waals surface area contributed by atoms with Gasteiger partial charge in [-0.25, -0.2) is 4.57 Å². The molecular formula is C40H68NO10P. The Morgan fingerprint density at radius 1 is 0.596 bits per heavy atom. The van der Waals surface area contributed by atoms with E-state index in [1.54, 1.807) is 0 Å². The van der Waals surface area contributed by atoms with E-state index in [0.29, 0.717) is 12.8 Å². The van der Waals surface area contributed by atoms with Crippen LogP contribution in [-0.4, -0.2) is 59.9 Å². The van der Waals surface area contributed by atoms with Gasteiger partial charge in [0.25, 0.3) is 0 Å². The molecule has 0 aromatic carbocycles. The van der Waals surface area contributed by atoms with Gasteiger partial charge < -0.3 is 25.2 Å². The fourth-order valence-corrected chi connectivity index (χ4v) is 5.47. The lowest BCUT2D eigenvalue weighted by molar-refractivity contribution is -0.161. The number of hydrogen-bond acceptors (Lipinski definition) is 9. The molecule has 0 spiro atoms. The Balaban J connectivity index is 4.55. The van der Waals surface area contributed by atoms with Crippen LogP contribution >= 0.6 is 7.82 Å². The number of carboxylic acids is 1. The number of phosphoric acid groups is 1. The Hall–Kier alpha value is -2.82. The molecule has 12 heteroatoms. The topological polar surface area (TPSA) is 172 Å². The Bertz CT molecular complexity index is 1120. The van der Waals surface area contributed by atoms with Gasteiger partial charge in [-0.3, -0.25) is 23.4 Å². The molecule has 11 nitrogen and oxygen atoms in total. The van der Waals surface area contributed by atoms with Gasteiger partial charge in [-0.1, -0.05) is 139 Å². The first-order valence-corrected chi connectivity index (χ1v) is 20.8. The van der Waals surface area contributed by atoms with Crippen LogP contribution in [-0.2, 0) is 37.5 Å². The second-order valence-corrected chi connectivity index (χ2v) is 14.2. The van der Waals surface area contributed by atoms with E-state index < -0.39 is 51.1 Å². The number of esters is 2. The standard InChI is InChI=1S/C40H68NO10P/c1-3-5-7-9-11-13-14-15-16-17-18-19-20-21-22-24-26-28-30-32-39(43)51-36(34-49-52(46,47)50-35-37(41)40(44)45)33-48-38(42)31-29-27-25-23-12-10-8-6-4-2/h11,13,15-16,18-19,21-22,26,28,36-37H,3-10,12,14,17,20,23-25,27,29-35,41H2,1-2H3,(H,44,45)(H,46,47)/b13-11+,16-15+,19-18+,22-21+,28-26+/t36-,37-/m0/s1. The third-order valence-corrected chi connectivity index (χ3v) is 8.73. The minimum atomic E-state index is -4.73. The summed E-state index contributed by atoms with van der Waals surface area (Å²) in [5.41, 5.74) is 5.30. The Morgan fingerprint density at radius 2 is 1.06 bits per heavy atom. The summed E-state index contributed by atoms with van der Waals surface area (Å²) in [6.45, 7) is 2.64. The normalized spacial score (nSPS) is 14.5. The van der Waals surface area contributed by atoms with Crippen molar-refractivity contribution >= 4 is 25.7 Å². The lowest BCUT2D eigenvalue weighted by Crippen LogP contribution is -2.34. The van der Waals surface area contributed by atoms with E-state index in [0.717, 1.165) is 51.4 Å². The van der Waals surface area contributed by atoms with E-state index in [2.05, 4.69) is 60.9 Å². The molecule has 1 unspecified atom stereocenters. The largest absolute Gasteiger partial charge is 0.480 e. The highest BCUT2D eigenvalue weighted by molar-refractivity contribution is 7.47. The van der Waals surface area contributed by atoms with Crippen molar-refractivity contribution in [1.29, 1.82) is 0 Å². The third-order valence-electron chi connectivity index (χ3n) is 7.78. The summed E-state index contributed by atoms with van der Waals surface area (Å²) in [5, 5.41) is 8.85. The molecule has 0 aromatic heterocycles. The highest BCUT2D eigenvalue weighted by Crippen LogP contribution is 2.43. The summed E-state index contributed by atoms with van der Waals surface area (Å²) in [5.74, 6) is -2.49. The molecule has 4 N–H and O–H groups in total. The molecule has 0 heterocycles. The summed E-state index contributed by atoms with van der Waals surface area (Å²) in [6.07, 6.45) is 38.9. The molecule has 0 saturated heterocycles. The Labute approximate surface area is 313 Å². The van der Waals surface area contributed by atoms with Crippen LogP contribution in [0.2, 0.25) is 0 Å². The van der Waals surface area contributed by atoms with Crippen molar-refractivity contribution in [1.82, 2.24) is 0 Å². The van der Waals surface area contributed by atoms with Crippen molar-refractivity contribution in [3.05, 3.63) is 60.8 Å². The van der Waals surface area contributed by atoms with E-state index in [1.807, 2.05) is 18.2 Å². The molecule has 3 atom stereocenters. The van der Waals surface area contributed by atoms with Gasteiger partial charge in [0, 0.05) is 12.8 Å². The number of ether oxygens (including phenoxy) is 2. The summed E-state index contributed by atoms with van der Waals surface area (Å²) in [6, 6.07) is -1.53. The van der Waals surface area contributed by atoms with Crippen molar-refractivity contribution in [2.45, 2.75) is 154 Å². The molecule has 0 radical (unpaired) electrons. The first-order chi connectivity index (χ1) is 25.1. The number of allylic oxidation sites excluding steroid dienone is 10. The molecule has 0 aliphatic heterocycles. The van der Waals surface area contributed by atoms with Crippen molar-refractivity contribution < 1.29 is 47.5 Å². The quantitative estimate of drug-likeness (QED) is 0.0244. The predicted molar refractivity (Wildman–Crippen MR) is 208 cm³/mol. The van der Waals surface area contributed by atoms with E-state index in [-0.39, 0.29) is 19.4 Å². The van der Waals surface area contributed by atoms with Gasteiger partial charge in [0.1, 0.15) is 12.6 Å². The average Bonchev–Trinajstić information content (AvgIpc) is 3.12. The monoisotopic (exact) mass is 753 g/mol. The van der Waals surface area contributed by atoms with Crippen LogP contribution in [0.25, 0.3) is 0 Å². The fraction of sp³-hybridized carbons (Fsp3) is 0.675. The Kier molecular flexibility index (Phi) is 33.3. The van der Waals surface area contributed by atoms with Crippen LogP contribution < -0.4 is 5.73 Å². The predicted octanol–water partition coefficient (Wildman–Crippen LogP) is 9.61. The van der Waals surface area contributed by atoms with Crippen molar-refractivity contribution in [3.8, 4) is 0 Å². The van der Waals surface area contributed by atoms with Crippen LogP contribution in [0.5, 0.6) is 0 Å². The number of carbonyl (C=O) groups is 3. The number of unbranched alkanes of at least 4 members (excludes halogenated alkanes) is 11. The zero-order valence-corrected chi connectivity index (χ0v) is 32.8. The van der Waals surface area contributed by atoms with Crippen LogP contribution in [0.15, 0.2) is 60.8 Å². The lowest BCUT2D eigenvalue weighted by Gasteiger charge is -2.20. The van der Waals surface area contributed by atoms with Gasteiger partial charge in [0.15, 0.2) is 6.10 Å². The van der Waals surface area contributed by atoms with E-state index >= 15 is 0 Å². The number of hydrogen-bond donors (Lipinski definition) is 3. The molecule has 0 rings (SSSR count). The summed E-state index contributed by atoms with van der Waals surface area (Å²) >= 11 is 0. The maximum Gasteiger partial charge on any atom is 0.472 e. The molecule has 298 valence electrons. The van der Waals surface area contributed by atoms with E-state index in [4.69, 9.17) is 24.8 Å². The minimum absolute atomic E-state index is 0.0365. The fourth-order valence-electron chi connectivity index (χ4n) is 4.69. The third kappa shape index (κ3) is 34.3. The number of carboxylic acid groups (broad SMARTS) is 1. The smallest absolute Gasteiger partial charge is 0.472 e. The first kappa shape index (κ1) is 49.2. The van der Waals surface area contributed by atoms with Crippen LogP contribution in [0, 0.1) is 0 Å². The van der Waals surface area contributed by atoms with E-state index in [9.17, 15) is 23.8 Å². The maximum absolute atomic E-state index is 12.5. The Morgan fingerprint density at radius 3 is 1.60 bits per heavy atom. The second-order valence-electron chi connectivity index (χ2n) is 12.7. The minimum Gasteiger partial charge on any atom is -0.480 e. The number of rotatable bonds is 35. The average molecular weight is 754 g/mol. The molecule has 0 aliphatic rings. The van der Waals surface area contributed by atoms with Gasteiger partial charge >= 0.3 is 25.7 Å². The summed E-state index contributed by atoms with van der Waals surface area (Å²) < 4.78 is 32.4. The van der Waals surface area contributed by atoms with Crippen LogP contribution in [0.4, 0.5) is 0 Å². The van der Waals surface area contributed by atoms with Crippen LogP contribution in [0.3, 0.4) is 0 Å². The molecule has 0 fully saturated rings. The summed E-state index contributed by atoms with van der Waals surface area (Å²) in [4.78, 5) is 45.6. The lowest BCUT2D eigenvalue weighted by atomic mass is 10.1. The van der Waals surface area contributed by atoms with Gasteiger partial charge in [0.2, 0.25) is 0 Å². The first-order valence-electron chi connectivity index (χ1n) is 19.3. The molecule has 0 aliphatic carbocycles. The van der Waals surface area contributed by atoms with Crippen molar-refractivity contribution in [2.75, 3.05) is 19.8 Å².